The maximum Gasteiger partial charge on any atom is 0.408 e. The summed E-state index contributed by atoms with van der Waals surface area (Å²) in [5, 5.41) is 15.1. The van der Waals surface area contributed by atoms with Crippen LogP contribution in [0.25, 0.3) is 0 Å². The highest BCUT2D eigenvalue weighted by atomic mass is 16.6. The molecular formula is C29H34N4O4. The van der Waals surface area contributed by atoms with E-state index in [4.69, 9.17) is 11.2 Å². The Morgan fingerprint density at radius 3 is 2.19 bits per heavy atom. The summed E-state index contributed by atoms with van der Waals surface area (Å²) < 4.78 is 5.33. The average molecular weight is 503 g/mol. The molecule has 37 heavy (non-hydrogen) atoms. The second-order valence-electron chi connectivity index (χ2n) is 9.86. The van der Waals surface area contributed by atoms with Crippen molar-refractivity contribution < 1.29 is 19.1 Å². The highest BCUT2D eigenvalue weighted by Crippen LogP contribution is 2.24. The number of carbonyl (C=O) groups excluding carboxylic acids is 3. The van der Waals surface area contributed by atoms with E-state index in [1.54, 1.807) is 58.9 Å². The molecule has 2 rings (SSSR count). The number of carbonyl (C=O) groups is 3. The van der Waals surface area contributed by atoms with Crippen molar-refractivity contribution in [2.45, 2.75) is 58.8 Å². The van der Waals surface area contributed by atoms with Crippen LogP contribution in [0.5, 0.6) is 0 Å². The second-order valence-corrected chi connectivity index (χ2v) is 9.86. The first-order valence-electron chi connectivity index (χ1n) is 12.0. The minimum Gasteiger partial charge on any atom is -0.444 e. The number of terminal acetylenes is 1. The van der Waals surface area contributed by atoms with Crippen LogP contribution in [0.2, 0.25) is 0 Å². The fourth-order valence-corrected chi connectivity index (χ4v) is 3.62. The Bertz CT molecular complexity index is 1160. The molecule has 0 aliphatic rings. The summed E-state index contributed by atoms with van der Waals surface area (Å²) in [6.45, 7) is 8.53. The van der Waals surface area contributed by atoms with E-state index in [-0.39, 0.29) is 19.0 Å². The van der Waals surface area contributed by atoms with Gasteiger partial charge >= 0.3 is 6.09 Å². The van der Waals surface area contributed by atoms with E-state index in [0.717, 1.165) is 5.56 Å². The third kappa shape index (κ3) is 8.70. The fraction of sp³-hybridized carbons (Fsp3) is 0.379. The Kier molecular flexibility index (Phi) is 10.3. The van der Waals surface area contributed by atoms with E-state index < -0.39 is 35.6 Å². The Morgan fingerprint density at radius 2 is 1.68 bits per heavy atom. The molecule has 194 valence electrons. The van der Waals surface area contributed by atoms with Gasteiger partial charge in [0.05, 0.1) is 6.07 Å². The summed E-state index contributed by atoms with van der Waals surface area (Å²) in [5.41, 5.74) is 1.20. The van der Waals surface area contributed by atoms with Crippen LogP contribution in [-0.2, 0) is 20.9 Å². The minimum atomic E-state index is -1.13. The fourth-order valence-electron chi connectivity index (χ4n) is 3.62. The van der Waals surface area contributed by atoms with Gasteiger partial charge in [-0.2, -0.15) is 5.26 Å². The lowest BCUT2D eigenvalue weighted by atomic mass is 9.98. The molecule has 0 aromatic heterocycles. The van der Waals surface area contributed by atoms with Gasteiger partial charge in [0.15, 0.2) is 0 Å². The Labute approximate surface area is 219 Å². The Morgan fingerprint density at radius 1 is 1.05 bits per heavy atom. The molecule has 0 aliphatic carbocycles. The Hall–Kier alpha value is -4.30. The summed E-state index contributed by atoms with van der Waals surface area (Å²) >= 11 is 0. The quantitative estimate of drug-likeness (QED) is 0.399. The van der Waals surface area contributed by atoms with Gasteiger partial charge in [-0.3, -0.25) is 9.59 Å². The minimum absolute atomic E-state index is 0.233. The van der Waals surface area contributed by atoms with Crippen LogP contribution in [-0.4, -0.2) is 41.0 Å². The molecule has 2 atom stereocenters. The third-order valence-corrected chi connectivity index (χ3v) is 5.39. The number of rotatable bonds is 9. The van der Waals surface area contributed by atoms with Crippen LogP contribution in [0.3, 0.4) is 0 Å². The molecule has 0 heterocycles. The van der Waals surface area contributed by atoms with E-state index in [1.807, 2.05) is 36.4 Å². The lowest BCUT2D eigenvalue weighted by Gasteiger charge is -2.34. The van der Waals surface area contributed by atoms with Gasteiger partial charge in [-0.1, -0.05) is 62.2 Å². The molecule has 2 unspecified atom stereocenters. The smallest absolute Gasteiger partial charge is 0.408 e. The summed E-state index contributed by atoms with van der Waals surface area (Å²) in [5.74, 6) is 1.12. The molecule has 0 fully saturated rings. The molecule has 0 saturated heterocycles. The maximum atomic E-state index is 13.8. The van der Waals surface area contributed by atoms with Gasteiger partial charge in [0.2, 0.25) is 11.8 Å². The molecule has 0 spiro atoms. The van der Waals surface area contributed by atoms with Gasteiger partial charge in [-0.25, -0.2) is 4.79 Å². The lowest BCUT2D eigenvalue weighted by molar-refractivity contribution is -0.142. The molecule has 2 N–H and O–H groups in total. The van der Waals surface area contributed by atoms with Crippen LogP contribution < -0.4 is 10.6 Å². The first-order chi connectivity index (χ1) is 17.5. The van der Waals surface area contributed by atoms with Gasteiger partial charge in [0.25, 0.3) is 0 Å². The van der Waals surface area contributed by atoms with Crippen molar-refractivity contribution in [1.82, 2.24) is 15.5 Å². The normalized spacial score (nSPS) is 12.4. The van der Waals surface area contributed by atoms with E-state index in [9.17, 15) is 19.6 Å². The highest BCUT2D eigenvalue weighted by Gasteiger charge is 2.37. The topological polar surface area (TPSA) is 112 Å². The van der Waals surface area contributed by atoms with Crippen molar-refractivity contribution in [1.29, 1.82) is 5.26 Å². The number of ether oxygens (including phenoxy) is 1. The highest BCUT2D eigenvalue weighted by molar-refractivity contribution is 5.92. The van der Waals surface area contributed by atoms with E-state index in [0.29, 0.717) is 11.1 Å². The van der Waals surface area contributed by atoms with Crippen LogP contribution >= 0.6 is 0 Å². The number of nitriles is 1. The molecular weight excluding hydrogens is 468 g/mol. The predicted octanol–water partition coefficient (Wildman–Crippen LogP) is 3.93. The van der Waals surface area contributed by atoms with Crippen molar-refractivity contribution in [2.24, 2.45) is 5.92 Å². The van der Waals surface area contributed by atoms with Crippen molar-refractivity contribution in [2.75, 3.05) is 6.54 Å². The number of alkyl carbamates (subject to hydrolysis) is 1. The van der Waals surface area contributed by atoms with Crippen LogP contribution in [0.1, 0.15) is 57.4 Å². The number of hydrogen-bond acceptors (Lipinski definition) is 5. The predicted molar refractivity (Wildman–Crippen MR) is 141 cm³/mol. The summed E-state index contributed by atoms with van der Waals surface area (Å²) in [7, 11) is 0. The van der Waals surface area contributed by atoms with E-state index in [2.05, 4.69) is 16.6 Å². The average Bonchev–Trinajstić information content (AvgIpc) is 2.85. The molecule has 0 bridgehead atoms. The van der Waals surface area contributed by atoms with Crippen molar-refractivity contribution in [3.05, 3.63) is 71.3 Å². The lowest BCUT2D eigenvalue weighted by Crippen LogP contribution is -2.55. The van der Waals surface area contributed by atoms with Gasteiger partial charge in [-0.15, -0.1) is 6.42 Å². The van der Waals surface area contributed by atoms with Gasteiger partial charge in [0.1, 0.15) is 24.2 Å². The van der Waals surface area contributed by atoms with E-state index in [1.165, 1.54) is 4.90 Å². The summed E-state index contributed by atoms with van der Waals surface area (Å²) in [4.78, 5) is 41.0. The van der Waals surface area contributed by atoms with E-state index >= 15 is 0 Å². The van der Waals surface area contributed by atoms with Gasteiger partial charge < -0.3 is 20.3 Å². The van der Waals surface area contributed by atoms with Crippen LogP contribution in [0, 0.1) is 29.6 Å². The summed E-state index contributed by atoms with van der Waals surface area (Å²) in [6.07, 6.45) is 4.71. The number of amides is 3. The molecule has 8 heteroatoms. The second kappa shape index (κ2) is 13.1. The third-order valence-electron chi connectivity index (χ3n) is 5.39. The molecule has 3 amide bonds. The number of hydrogen-bond donors (Lipinski definition) is 2. The standard InChI is InChI=1S/C29H34N4O4/c1-7-21-13-15-23(16-14-21)25(26(34)31-19-22-11-9-8-10-12-22)33(18-17-30)27(35)24(20(2)3)32-28(36)37-29(4,5)6/h1,8-16,20,24-25H,18-19H2,2-6H3,(H,31,34)(H,32,36). The van der Waals surface area contributed by atoms with Crippen LogP contribution in [0.4, 0.5) is 4.79 Å². The monoisotopic (exact) mass is 502 g/mol. The zero-order chi connectivity index (χ0) is 27.6. The Balaban J connectivity index is 2.44. The molecule has 0 saturated carbocycles. The first kappa shape index (κ1) is 28.9. The number of nitrogens with zero attached hydrogens (tertiary/aromatic N) is 2. The summed E-state index contributed by atoms with van der Waals surface area (Å²) in [6, 6.07) is 15.8. The van der Waals surface area contributed by atoms with Crippen molar-refractivity contribution in [3.8, 4) is 18.4 Å². The van der Waals surface area contributed by atoms with Gasteiger partial charge in [0, 0.05) is 12.1 Å². The molecule has 0 aliphatic heterocycles. The zero-order valence-corrected chi connectivity index (χ0v) is 21.9. The largest absolute Gasteiger partial charge is 0.444 e. The maximum absolute atomic E-state index is 13.8. The molecule has 2 aromatic carbocycles. The first-order valence-corrected chi connectivity index (χ1v) is 12.0. The molecule has 0 radical (unpaired) electrons. The van der Waals surface area contributed by atoms with Crippen LogP contribution in [0.15, 0.2) is 54.6 Å². The molecule has 2 aromatic rings. The van der Waals surface area contributed by atoms with Crippen molar-refractivity contribution >= 4 is 17.9 Å². The van der Waals surface area contributed by atoms with Crippen molar-refractivity contribution in [3.63, 3.8) is 0 Å². The zero-order valence-electron chi connectivity index (χ0n) is 21.9. The van der Waals surface area contributed by atoms with Gasteiger partial charge in [-0.05, 0) is 49.9 Å². The SMILES string of the molecule is C#Cc1ccc(C(C(=O)NCc2ccccc2)N(CC#N)C(=O)C(NC(=O)OC(C)(C)C)C(C)C)cc1. The molecule has 8 nitrogen and oxygen atoms in total. The number of benzene rings is 2. The number of nitrogens with one attached hydrogen (secondary N) is 2.